The van der Waals surface area contributed by atoms with Crippen LogP contribution in [0, 0.1) is 6.92 Å². The Kier molecular flexibility index (Phi) is 4.50. The van der Waals surface area contributed by atoms with E-state index in [-0.39, 0.29) is 12.5 Å². The van der Waals surface area contributed by atoms with Crippen LogP contribution in [0.3, 0.4) is 0 Å². The van der Waals surface area contributed by atoms with Crippen molar-refractivity contribution in [2.24, 2.45) is 0 Å². The number of nitrogens with one attached hydrogen (secondary N) is 2. The van der Waals surface area contributed by atoms with Gasteiger partial charge in [0.1, 0.15) is 12.4 Å². The second-order valence-electron chi connectivity index (χ2n) is 3.13. The summed E-state index contributed by atoms with van der Waals surface area (Å²) in [6.45, 7) is 4.12. The van der Waals surface area contributed by atoms with Crippen LogP contribution in [-0.4, -0.2) is 36.1 Å². The Hall–Kier alpha value is -1.85. The predicted molar refractivity (Wildman–Crippen MR) is 61.4 cm³/mol. The zero-order valence-electron chi connectivity index (χ0n) is 9.70. The SMILES string of the molecule is CCOC(=O)CNc1nc(NC)ncc1C. The molecular formula is C10H16N4O2. The maximum absolute atomic E-state index is 11.1. The summed E-state index contributed by atoms with van der Waals surface area (Å²) in [6.07, 6.45) is 1.69. The molecular weight excluding hydrogens is 208 g/mol. The van der Waals surface area contributed by atoms with Crippen LogP contribution >= 0.6 is 0 Å². The third-order valence-electron chi connectivity index (χ3n) is 1.90. The van der Waals surface area contributed by atoms with Gasteiger partial charge >= 0.3 is 5.97 Å². The van der Waals surface area contributed by atoms with Crippen molar-refractivity contribution in [1.82, 2.24) is 9.97 Å². The third-order valence-corrected chi connectivity index (χ3v) is 1.90. The molecule has 0 fully saturated rings. The molecule has 0 unspecified atom stereocenters. The standard InChI is InChI=1S/C10H16N4O2/c1-4-16-8(15)6-12-9-7(2)5-13-10(11-3)14-9/h5H,4,6H2,1-3H3,(H2,11,12,13,14). The molecule has 1 aromatic heterocycles. The lowest BCUT2D eigenvalue weighted by molar-refractivity contribution is -0.140. The van der Waals surface area contributed by atoms with Gasteiger partial charge in [-0.1, -0.05) is 0 Å². The van der Waals surface area contributed by atoms with Crippen molar-refractivity contribution in [2.75, 3.05) is 30.8 Å². The lowest BCUT2D eigenvalue weighted by Crippen LogP contribution is -2.18. The molecule has 0 radical (unpaired) electrons. The topological polar surface area (TPSA) is 76.1 Å². The Labute approximate surface area is 94.4 Å². The van der Waals surface area contributed by atoms with Crippen molar-refractivity contribution in [3.63, 3.8) is 0 Å². The molecule has 0 aliphatic rings. The van der Waals surface area contributed by atoms with E-state index < -0.39 is 0 Å². The highest BCUT2D eigenvalue weighted by Crippen LogP contribution is 2.11. The molecule has 16 heavy (non-hydrogen) atoms. The molecule has 0 atom stereocenters. The number of anilines is 2. The highest BCUT2D eigenvalue weighted by molar-refractivity contribution is 5.74. The third kappa shape index (κ3) is 3.38. The van der Waals surface area contributed by atoms with Crippen molar-refractivity contribution in [2.45, 2.75) is 13.8 Å². The Morgan fingerprint density at radius 2 is 2.31 bits per heavy atom. The minimum Gasteiger partial charge on any atom is -0.465 e. The normalized spacial score (nSPS) is 9.69. The summed E-state index contributed by atoms with van der Waals surface area (Å²) in [5.41, 5.74) is 0.878. The molecule has 0 aromatic carbocycles. The summed E-state index contributed by atoms with van der Waals surface area (Å²) in [5, 5.41) is 5.74. The van der Waals surface area contributed by atoms with E-state index in [4.69, 9.17) is 4.74 Å². The molecule has 0 saturated heterocycles. The van der Waals surface area contributed by atoms with Gasteiger partial charge in [-0.3, -0.25) is 4.79 Å². The zero-order valence-corrected chi connectivity index (χ0v) is 9.70. The zero-order chi connectivity index (χ0) is 12.0. The maximum atomic E-state index is 11.1. The Morgan fingerprint density at radius 1 is 1.56 bits per heavy atom. The Balaban J connectivity index is 2.62. The van der Waals surface area contributed by atoms with Gasteiger partial charge in [0, 0.05) is 18.8 Å². The van der Waals surface area contributed by atoms with Crippen LogP contribution < -0.4 is 10.6 Å². The Bertz CT molecular complexity index is 368. The first-order valence-electron chi connectivity index (χ1n) is 5.08. The molecule has 0 amide bonds. The first kappa shape index (κ1) is 12.2. The highest BCUT2D eigenvalue weighted by atomic mass is 16.5. The van der Waals surface area contributed by atoms with Gasteiger partial charge in [-0.15, -0.1) is 0 Å². The number of esters is 1. The number of aryl methyl sites for hydroxylation is 1. The largest absolute Gasteiger partial charge is 0.465 e. The minimum atomic E-state index is -0.300. The number of hydrogen-bond acceptors (Lipinski definition) is 6. The van der Waals surface area contributed by atoms with Crippen LogP contribution in [0.5, 0.6) is 0 Å². The molecule has 1 aromatic rings. The fraction of sp³-hybridized carbons (Fsp3) is 0.500. The molecule has 2 N–H and O–H groups in total. The molecule has 0 saturated carbocycles. The summed E-state index contributed by atoms with van der Waals surface area (Å²) in [4.78, 5) is 19.4. The van der Waals surface area contributed by atoms with E-state index >= 15 is 0 Å². The van der Waals surface area contributed by atoms with Crippen LogP contribution in [-0.2, 0) is 9.53 Å². The molecule has 0 spiro atoms. The van der Waals surface area contributed by atoms with Crippen LogP contribution in [0.2, 0.25) is 0 Å². The molecule has 1 rings (SSSR count). The van der Waals surface area contributed by atoms with Crippen LogP contribution in [0.1, 0.15) is 12.5 Å². The van der Waals surface area contributed by atoms with Gasteiger partial charge in [0.25, 0.3) is 0 Å². The van der Waals surface area contributed by atoms with E-state index in [2.05, 4.69) is 20.6 Å². The number of rotatable bonds is 5. The van der Waals surface area contributed by atoms with Gasteiger partial charge in [0.15, 0.2) is 0 Å². The van der Waals surface area contributed by atoms with Crippen molar-refractivity contribution in [3.05, 3.63) is 11.8 Å². The predicted octanol–water partition coefficient (Wildman–Crippen LogP) is 0.802. The maximum Gasteiger partial charge on any atom is 0.325 e. The second-order valence-corrected chi connectivity index (χ2v) is 3.13. The van der Waals surface area contributed by atoms with Crippen molar-refractivity contribution >= 4 is 17.7 Å². The second kappa shape index (κ2) is 5.89. The van der Waals surface area contributed by atoms with Gasteiger partial charge < -0.3 is 15.4 Å². The summed E-state index contributed by atoms with van der Waals surface area (Å²) < 4.78 is 4.80. The summed E-state index contributed by atoms with van der Waals surface area (Å²) >= 11 is 0. The lowest BCUT2D eigenvalue weighted by Gasteiger charge is -2.08. The number of carbonyl (C=O) groups is 1. The van der Waals surface area contributed by atoms with Gasteiger partial charge in [0.2, 0.25) is 5.95 Å². The number of nitrogens with zero attached hydrogens (tertiary/aromatic N) is 2. The summed E-state index contributed by atoms with van der Waals surface area (Å²) in [7, 11) is 1.74. The minimum absolute atomic E-state index is 0.106. The highest BCUT2D eigenvalue weighted by Gasteiger charge is 2.05. The molecule has 0 bridgehead atoms. The number of ether oxygens (including phenoxy) is 1. The quantitative estimate of drug-likeness (QED) is 0.720. The van der Waals surface area contributed by atoms with E-state index in [1.165, 1.54) is 0 Å². The molecule has 0 aliphatic carbocycles. The fourth-order valence-electron chi connectivity index (χ4n) is 1.11. The summed E-state index contributed by atoms with van der Waals surface area (Å²) in [6, 6.07) is 0. The lowest BCUT2D eigenvalue weighted by atomic mass is 10.3. The van der Waals surface area contributed by atoms with E-state index in [0.717, 1.165) is 5.56 Å². The number of hydrogen-bond donors (Lipinski definition) is 2. The van der Waals surface area contributed by atoms with Crippen molar-refractivity contribution in [1.29, 1.82) is 0 Å². The summed E-state index contributed by atoms with van der Waals surface area (Å²) in [5.74, 6) is 0.843. The van der Waals surface area contributed by atoms with Crippen LogP contribution in [0.25, 0.3) is 0 Å². The molecule has 88 valence electrons. The van der Waals surface area contributed by atoms with E-state index in [1.54, 1.807) is 20.2 Å². The molecule has 6 nitrogen and oxygen atoms in total. The molecule has 1 heterocycles. The monoisotopic (exact) mass is 224 g/mol. The van der Waals surface area contributed by atoms with Crippen molar-refractivity contribution < 1.29 is 9.53 Å². The van der Waals surface area contributed by atoms with Gasteiger partial charge in [-0.2, -0.15) is 4.98 Å². The van der Waals surface area contributed by atoms with Gasteiger partial charge in [-0.05, 0) is 13.8 Å². The molecule has 6 heteroatoms. The van der Waals surface area contributed by atoms with Crippen LogP contribution in [0.4, 0.5) is 11.8 Å². The first-order valence-corrected chi connectivity index (χ1v) is 5.08. The fourth-order valence-corrected chi connectivity index (χ4v) is 1.11. The number of carbonyl (C=O) groups excluding carboxylic acids is 1. The average molecular weight is 224 g/mol. The van der Waals surface area contributed by atoms with E-state index in [9.17, 15) is 4.79 Å². The van der Waals surface area contributed by atoms with Crippen molar-refractivity contribution in [3.8, 4) is 0 Å². The van der Waals surface area contributed by atoms with E-state index in [1.807, 2.05) is 6.92 Å². The van der Waals surface area contributed by atoms with Gasteiger partial charge in [0.05, 0.1) is 6.61 Å². The molecule has 0 aliphatic heterocycles. The van der Waals surface area contributed by atoms with Gasteiger partial charge in [-0.25, -0.2) is 4.98 Å². The number of aromatic nitrogens is 2. The van der Waals surface area contributed by atoms with E-state index in [0.29, 0.717) is 18.4 Å². The Morgan fingerprint density at radius 3 is 2.94 bits per heavy atom. The first-order chi connectivity index (χ1) is 7.67. The smallest absolute Gasteiger partial charge is 0.325 e. The van der Waals surface area contributed by atoms with Crippen LogP contribution in [0.15, 0.2) is 6.20 Å². The average Bonchev–Trinajstić information content (AvgIpc) is 2.28.